The van der Waals surface area contributed by atoms with Crippen molar-refractivity contribution in [2.75, 3.05) is 13.1 Å². The summed E-state index contributed by atoms with van der Waals surface area (Å²) in [4.78, 5) is 0. The zero-order chi connectivity index (χ0) is 12.3. The Labute approximate surface area is 101 Å². The first-order valence-electron chi connectivity index (χ1n) is 6.22. The van der Waals surface area contributed by atoms with E-state index in [1.54, 1.807) is 25.1 Å². The number of benzene rings is 1. The maximum atomic E-state index is 14.6. The molecule has 1 aliphatic heterocycles. The SMILES string of the molecule is CC(F)(Cc1ccccc1F)C1CCCNC1. The first-order valence-corrected chi connectivity index (χ1v) is 6.22. The molecule has 0 spiro atoms. The van der Waals surface area contributed by atoms with Gasteiger partial charge in [-0.25, -0.2) is 8.78 Å². The van der Waals surface area contributed by atoms with E-state index in [2.05, 4.69) is 5.32 Å². The van der Waals surface area contributed by atoms with Crippen LogP contribution < -0.4 is 5.32 Å². The molecule has 94 valence electrons. The summed E-state index contributed by atoms with van der Waals surface area (Å²) in [6, 6.07) is 6.46. The largest absolute Gasteiger partial charge is 0.316 e. The third-order valence-corrected chi connectivity index (χ3v) is 3.64. The lowest BCUT2D eigenvalue weighted by atomic mass is 9.81. The molecule has 0 aromatic heterocycles. The van der Waals surface area contributed by atoms with Crippen molar-refractivity contribution in [3.8, 4) is 0 Å². The molecule has 3 heteroatoms. The summed E-state index contributed by atoms with van der Waals surface area (Å²) in [6.45, 7) is 3.25. The summed E-state index contributed by atoms with van der Waals surface area (Å²) in [6.07, 6.45) is 2.04. The van der Waals surface area contributed by atoms with Gasteiger partial charge in [0.1, 0.15) is 11.5 Å². The number of hydrogen-bond acceptors (Lipinski definition) is 1. The molecular weight excluding hydrogens is 220 g/mol. The van der Waals surface area contributed by atoms with Gasteiger partial charge in [0.05, 0.1) is 0 Å². The summed E-state index contributed by atoms with van der Waals surface area (Å²) < 4.78 is 28.1. The van der Waals surface area contributed by atoms with Gasteiger partial charge in [-0.3, -0.25) is 0 Å². The number of alkyl halides is 1. The van der Waals surface area contributed by atoms with E-state index in [-0.39, 0.29) is 18.2 Å². The van der Waals surface area contributed by atoms with Gasteiger partial charge in [-0.05, 0) is 37.9 Å². The van der Waals surface area contributed by atoms with E-state index in [4.69, 9.17) is 0 Å². The third-order valence-electron chi connectivity index (χ3n) is 3.64. The molecule has 0 amide bonds. The monoisotopic (exact) mass is 239 g/mol. The first-order chi connectivity index (χ1) is 8.09. The molecule has 1 fully saturated rings. The fraction of sp³-hybridized carbons (Fsp3) is 0.571. The lowest BCUT2D eigenvalue weighted by molar-refractivity contribution is 0.0824. The van der Waals surface area contributed by atoms with Crippen LogP contribution in [0.15, 0.2) is 24.3 Å². The Morgan fingerprint density at radius 1 is 1.41 bits per heavy atom. The minimum atomic E-state index is -1.34. The van der Waals surface area contributed by atoms with Gasteiger partial charge in [0.15, 0.2) is 0 Å². The van der Waals surface area contributed by atoms with E-state index in [9.17, 15) is 8.78 Å². The van der Waals surface area contributed by atoms with E-state index in [1.165, 1.54) is 6.07 Å². The van der Waals surface area contributed by atoms with Gasteiger partial charge in [-0.2, -0.15) is 0 Å². The van der Waals surface area contributed by atoms with Crippen LogP contribution in [0.1, 0.15) is 25.3 Å². The molecule has 0 bridgehead atoms. The first kappa shape index (κ1) is 12.5. The van der Waals surface area contributed by atoms with E-state index in [1.807, 2.05) is 0 Å². The summed E-state index contributed by atoms with van der Waals surface area (Å²) >= 11 is 0. The van der Waals surface area contributed by atoms with E-state index in [0.29, 0.717) is 12.1 Å². The average Bonchev–Trinajstić information content (AvgIpc) is 2.33. The molecule has 17 heavy (non-hydrogen) atoms. The number of piperidine rings is 1. The third kappa shape index (κ3) is 3.03. The zero-order valence-corrected chi connectivity index (χ0v) is 10.2. The lowest BCUT2D eigenvalue weighted by Crippen LogP contribution is -2.42. The highest BCUT2D eigenvalue weighted by Crippen LogP contribution is 2.31. The Bertz CT molecular complexity index is 370. The Morgan fingerprint density at radius 3 is 2.82 bits per heavy atom. The molecule has 2 atom stereocenters. The molecule has 1 aromatic rings. The van der Waals surface area contributed by atoms with Gasteiger partial charge < -0.3 is 5.32 Å². The van der Waals surface area contributed by atoms with Crippen molar-refractivity contribution < 1.29 is 8.78 Å². The van der Waals surface area contributed by atoms with Gasteiger partial charge in [0.25, 0.3) is 0 Å². The minimum absolute atomic E-state index is 0.0177. The van der Waals surface area contributed by atoms with Crippen molar-refractivity contribution >= 4 is 0 Å². The van der Waals surface area contributed by atoms with Crippen LogP contribution in [0.2, 0.25) is 0 Å². The van der Waals surface area contributed by atoms with Crippen LogP contribution in [-0.2, 0) is 6.42 Å². The summed E-state index contributed by atoms with van der Waals surface area (Å²) in [5.74, 6) is -0.323. The van der Waals surface area contributed by atoms with Crippen LogP contribution in [0.5, 0.6) is 0 Å². The highest BCUT2D eigenvalue weighted by molar-refractivity contribution is 5.19. The number of halogens is 2. The topological polar surface area (TPSA) is 12.0 Å². The van der Waals surface area contributed by atoms with Gasteiger partial charge in [0, 0.05) is 18.9 Å². The van der Waals surface area contributed by atoms with Crippen molar-refractivity contribution in [2.24, 2.45) is 5.92 Å². The average molecular weight is 239 g/mol. The molecule has 1 N–H and O–H groups in total. The van der Waals surface area contributed by atoms with E-state index >= 15 is 0 Å². The fourth-order valence-corrected chi connectivity index (χ4v) is 2.52. The molecule has 1 saturated heterocycles. The van der Waals surface area contributed by atoms with Gasteiger partial charge in [-0.15, -0.1) is 0 Å². The molecule has 1 aliphatic rings. The lowest BCUT2D eigenvalue weighted by Gasteiger charge is -2.34. The van der Waals surface area contributed by atoms with E-state index in [0.717, 1.165) is 19.4 Å². The zero-order valence-electron chi connectivity index (χ0n) is 10.2. The van der Waals surface area contributed by atoms with Gasteiger partial charge in [-0.1, -0.05) is 18.2 Å². The van der Waals surface area contributed by atoms with Gasteiger partial charge >= 0.3 is 0 Å². The molecule has 0 radical (unpaired) electrons. The van der Waals surface area contributed by atoms with Crippen molar-refractivity contribution in [2.45, 2.75) is 31.9 Å². The van der Waals surface area contributed by atoms with Crippen molar-refractivity contribution in [1.82, 2.24) is 5.32 Å². The molecule has 1 nitrogen and oxygen atoms in total. The summed E-state index contributed by atoms with van der Waals surface area (Å²) in [5, 5.41) is 3.21. The molecule has 2 unspecified atom stereocenters. The number of hydrogen-bond donors (Lipinski definition) is 1. The molecule has 1 heterocycles. The van der Waals surface area contributed by atoms with Crippen LogP contribution in [0.3, 0.4) is 0 Å². The second-order valence-corrected chi connectivity index (χ2v) is 5.09. The molecule has 0 saturated carbocycles. The summed E-state index contributed by atoms with van der Waals surface area (Å²) in [7, 11) is 0. The van der Waals surface area contributed by atoms with Crippen molar-refractivity contribution in [1.29, 1.82) is 0 Å². The van der Waals surface area contributed by atoms with Crippen LogP contribution >= 0.6 is 0 Å². The Morgan fingerprint density at radius 2 is 2.18 bits per heavy atom. The Balaban J connectivity index is 2.08. The van der Waals surface area contributed by atoms with Crippen LogP contribution in [0.4, 0.5) is 8.78 Å². The van der Waals surface area contributed by atoms with Gasteiger partial charge in [0.2, 0.25) is 0 Å². The second kappa shape index (κ2) is 5.13. The highest BCUT2D eigenvalue weighted by Gasteiger charge is 2.35. The normalized spacial score (nSPS) is 24.3. The number of rotatable bonds is 3. The smallest absolute Gasteiger partial charge is 0.126 e. The second-order valence-electron chi connectivity index (χ2n) is 5.09. The minimum Gasteiger partial charge on any atom is -0.316 e. The number of nitrogens with one attached hydrogen (secondary N) is 1. The van der Waals surface area contributed by atoms with Crippen LogP contribution in [-0.4, -0.2) is 18.8 Å². The molecule has 1 aromatic carbocycles. The van der Waals surface area contributed by atoms with E-state index < -0.39 is 5.67 Å². The maximum Gasteiger partial charge on any atom is 0.126 e. The quantitative estimate of drug-likeness (QED) is 0.854. The van der Waals surface area contributed by atoms with Crippen molar-refractivity contribution in [3.63, 3.8) is 0 Å². The Kier molecular flexibility index (Phi) is 3.77. The molecule has 2 rings (SSSR count). The summed E-state index contributed by atoms with van der Waals surface area (Å²) in [5.41, 5.74) is -0.863. The van der Waals surface area contributed by atoms with Crippen molar-refractivity contribution in [3.05, 3.63) is 35.6 Å². The standard InChI is InChI=1S/C14H19F2N/c1-14(16,12-6-4-8-17-10-12)9-11-5-2-3-7-13(11)15/h2-3,5,7,12,17H,4,6,8-10H2,1H3. The predicted octanol–water partition coefficient (Wildman–Crippen LogP) is 3.10. The molecule has 0 aliphatic carbocycles. The Hall–Kier alpha value is -0.960. The predicted molar refractivity (Wildman–Crippen MR) is 65.2 cm³/mol. The molecular formula is C14H19F2N. The fourth-order valence-electron chi connectivity index (χ4n) is 2.52. The van der Waals surface area contributed by atoms with Crippen LogP contribution in [0.25, 0.3) is 0 Å². The van der Waals surface area contributed by atoms with Crippen LogP contribution in [0, 0.1) is 11.7 Å². The highest BCUT2D eigenvalue weighted by atomic mass is 19.1. The maximum absolute atomic E-state index is 14.6.